The van der Waals surface area contributed by atoms with Crippen LogP contribution >= 0.6 is 0 Å². The van der Waals surface area contributed by atoms with Crippen LogP contribution in [0.4, 0.5) is 4.79 Å². The van der Waals surface area contributed by atoms with Gasteiger partial charge in [0.1, 0.15) is 6.54 Å². The molecule has 1 saturated heterocycles. The van der Waals surface area contributed by atoms with Gasteiger partial charge in [0.05, 0.1) is 6.61 Å². The van der Waals surface area contributed by atoms with Gasteiger partial charge in [0.25, 0.3) is 0 Å². The minimum atomic E-state index is -0.983. The molecule has 0 aromatic carbocycles. The number of urea groups is 1. The molecule has 7 heteroatoms. The summed E-state index contributed by atoms with van der Waals surface area (Å²) in [5.41, 5.74) is 0. The number of carbonyl (C=O) groups excluding carboxylic acids is 1. The second-order valence-electron chi connectivity index (χ2n) is 5.00. The summed E-state index contributed by atoms with van der Waals surface area (Å²) in [6.45, 7) is 5.68. The van der Waals surface area contributed by atoms with Gasteiger partial charge in [0, 0.05) is 32.7 Å². The van der Waals surface area contributed by atoms with Crippen LogP contribution in [0, 0.1) is 0 Å². The summed E-state index contributed by atoms with van der Waals surface area (Å²) >= 11 is 0. The molecule has 7 nitrogen and oxygen atoms in total. The highest BCUT2D eigenvalue weighted by atomic mass is 16.4. The molecule has 20 heavy (non-hydrogen) atoms. The topological polar surface area (TPSA) is 84.3 Å². The number of nitrogens with zero attached hydrogens (tertiary/aromatic N) is 3. The highest BCUT2D eigenvalue weighted by Gasteiger charge is 2.24. The van der Waals surface area contributed by atoms with Crippen molar-refractivity contribution in [2.75, 3.05) is 52.4 Å². The molecule has 0 spiro atoms. The first-order chi connectivity index (χ1) is 9.58. The third-order valence-electron chi connectivity index (χ3n) is 3.37. The summed E-state index contributed by atoms with van der Waals surface area (Å²) in [4.78, 5) is 28.4. The highest BCUT2D eigenvalue weighted by Crippen LogP contribution is 2.07. The van der Waals surface area contributed by atoms with Crippen LogP contribution in [0.1, 0.15) is 19.8 Å². The Bertz CT molecular complexity index is 325. The molecule has 0 aromatic rings. The van der Waals surface area contributed by atoms with Gasteiger partial charge >= 0.3 is 12.0 Å². The number of carboxylic acid groups (broad SMARTS) is 1. The van der Waals surface area contributed by atoms with E-state index < -0.39 is 5.97 Å². The quantitative estimate of drug-likeness (QED) is 0.713. The number of aliphatic hydroxyl groups is 1. The van der Waals surface area contributed by atoms with E-state index in [9.17, 15) is 9.59 Å². The van der Waals surface area contributed by atoms with Crippen molar-refractivity contribution in [3.05, 3.63) is 0 Å². The summed E-state index contributed by atoms with van der Waals surface area (Å²) in [5, 5.41) is 17.8. The molecular weight excluding hydrogens is 262 g/mol. The number of aliphatic hydroxyl groups excluding tert-OH is 1. The molecule has 0 saturated carbocycles. The minimum Gasteiger partial charge on any atom is -0.480 e. The van der Waals surface area contributed by atoms with Gasteiger partial charge < -0.3 is 20.0 Å². The third-order valence-corrected chi connectivity index (χ3v) is 3.37. The van der Waals surface area contributed by atoms with Crippen molar-refractivity contribution < 1.29 is 19.8 Å². The van der Waals surface area contributed by atoms with E-state index in [-0.39, 0.29) is 19.2 Å². The molecule has 0 bridgehead atoms. The molecule has 2 N–H and O–H groups in total. The molecule has 1 aliphatic rings. The Morgan fingerprint density at radius 1 is 1.20 bits per heavy atom. The zero-order valence-corrected chi connectivity index (χ0v) is 12.1. The summed E-state index contributed by atoms with van der Waals surface area (Å²) in [6.07, 6.45) is 1.59. The fourth-order valence-corrected chi connectivity index (χ4v) is 2.40. The maximum absolute atomic E-state index is 12.4. The largest absolute Gasteiger partial charge is 0.480 e. The van der Waals surface area contributed by atoms with E-state index in [1.54, 1.807) is 4.90 Å². The van der Waals surface area contributed by atoms with Gasteiger partial charge in [-0.05, 0) is 19.4 Å². The van der Waals surface area contributed by atoms with Crippen LogP contribution in [0.3, 0.4) is 0 Å². The van der Waals surface area contributed by atoms with Crippen LogP contribution in [-0.4, -0.2) is 89.3 Å². The second kappa shape index (κ2) is 8.76. The highest BCUT2D eigenvalue weighted by molar-refractivity contribution is 5.80. The summed E-state index contributed by atoms with van der Waals surface area (Å²) < 4.78 is 0. The number of β-amino-alcohol motifs (C(OH)–C–C–N with tert-alkyl or cyclic N) is 1. The van der Waals surface area contributed by atoms with Crippen molar-refractivity contribution >= 4 is 12.0 Å². The summed E-state index contributed by atoms with van der Waals surface area (Å²) in [5.74, 6) is -0.983. The van der Waals surface area contributed by atoms with Gasteiger partial charge in [-0.3, -0.25) is 9.69 Å². The predicted octanol–water partition coefficient (Wildman–Crippen LogP) is -0.0970. The Morgan fingerprint density at radius 3 is 2.55 bits per heavy atom. The van der Waals surface area contributed by atoms with Crippen molar-refractivity contribution in [1.29, 1.82) is 0 Å². The number of hydrogen-bond donors (Lipinski definition) is 2. The zero-order valence-electron chi connectivity index (χ0n) is 12.1. The van der Waals surface area contributed by atoms with Gasteiger partial charge in [0.2, 0.25) is 0 Å². The van der Waals surface area contributed by atoms with E-state index in [1.165, 1.54) is 4.90 Å². The van der Waals surface area contributed by atoms with E-state index >= 15 is 0 Å². The van der Waals surface area contributed by atoms with Crippen molar-refractivity contribution in [3.63, 3.8) is 0 Å². The third kappa shape index (κ3) is 5.34. The molecule has 1 rings (SSSR count). The monoisotopic (exact) mass is 287 g/mol. The van der Waals surface area contributed by atoms with E-state index in [0.717, 1.165) is 25.9 Å². The first-order valence-electron chi connectivity index (χ1n) is 7.17. The smallest absolute Gasteiger partial charge is 0.323 e. The molecule has 1 aliphatic heterocycles. The molecule has 116 valence electrons. The average molecular weight is 287 g/mol. The maximum Gasteiger partial charge on any atom is 0.323 e. The first-order valence-corrected chi connectivity index (χ1v) is 7.17. The minimum absolute atomic E-state index is 0.120. The molecule has 0 unspecified atom stereocenters. The lowest BCUT2D eigenvalue weighted by molar-refractivity contribution is -0.137. The van der Waals surface area contributed by atoms with Gasteiger partial charge in [-0.15, -0.1) is 0 Å². The van der Waals surface area contributed by atoms with Crippen molar-refractivity contribution in [1.82, 2.24) is 14.7 Å². The molecule has 0 radical (unpaired) electrons. The SMILES string of the molecule is CCCN(CC(=O)O)C(=O)N1CCCN(CCO)CC1. The number of aliphatic carboxylic acids is 1. The average Bonchev–Trinajstić information content (AvgIpc) is 2.63. The summed E-state index contributed by atoms with van der Waals surface area (Å²) in [6, 6.07) is -0.194. The second-order valence-corrected chi connectivity index (χ2v) is 5.00. The van der Waals surface area contributed by atoms with Crippen LogP contribution in [0.15, 0.2) is 0 Å². The molecule has 0 aromatic heterocycles. The van der Waals surface area contributed by atoms with Gasteiger partial charge in [-0.25, -0.2) is 4.79 Å². The molecule has 1 fully saturated rings. The Balaban J connectivity index is 2.57. The molecular formula is C13H25N3O4. The van der Waals surface area contributed by atoms with E-state index in [2.05, 4.69) is 4.90 Å². The molecule has 2 amide bonds. The van der Waals surface area contributed by atoms with Crippen molar-refractivity contribution in [2.45, 2.75) is 19.8 Å². The Hall–Kier alpha value is -1.34. The molecule has 0 atom stereocenters. The maximum atomic E-state index is 12.4. The lowest BCUT2D eigenvalue weighted by atomic mass is 10.3. The fraction of sp³-hybridized carbons (Fsp3) is 0.846. The number of amides is 2. The van der Waals surface area contributed by atoms with Crippen molar-refractivity contribution in [3.8, 4) is 0 Å². The van der Waals surface area contributed by atoms with E-state index in [0.29, 0.717) is 26.2 Å². The molecule has 0 aliphatic carbocycles. The van der Waals surface area contributed by atoms with Crippen LogP contribution in [0.2, 0.25) is 0 Å². The lowest BCUT2D eigenvalue weighted by Crippen LogP contribution is -2.47. The van der Waals surface area contributed by atoms with Crippen LogP contribution in [0.25, 0.3) is 0 Å². The number of carbonyl (C=O) groups is 2. The van der Waals surface area contributed by atoms with Gasteiger partial charge in [0.15, 0.2) is 0 Å². The van der Waals surface area contributed by atoms with E-state index in [4.69, 9.17) is 10.2 Å². The standard InChI is InChI=1S/C13H25N3O4/c1-2-4-16(11-12(18)19)13(20)15-6-3-5-14(7-8-15)9-10-17/h17H,2-11H2,1H3,(H,18,19). The molecule has 1 heterocycles. The van der Waals surface area contributed by atoms with Gasteiger partial charge in [-0.1, -0.05) is 6.92 Å². The Labute approximate surface area is 119 Å². The Morgan fingerprint density at radius 2 is 1.95 bits per heavy atom. The fourth-order valence-electron chi connectivity index (χ4n) is 2.40. The predicted molar refractivity (Wildman–Crippen MR) is 74.6 cm³/mol. The van der Waals surface area contributed by atoms with Crippen LogP contribution < -0.4 is 0 Å². The first kappa shape index (κ1) is 16.7. The lowest BCUT2D eigenvalue weighted by Gasteiger charge is -2.28. The Kier molecular flexibility index (Phi) is 7.32. The zero-order chi connectivity index (χ0) is 15.0. The van der Waals surface area contributed by atoms with Crippen LogP contribution in [0.5, 0.6) is 0 Å². The van der Waals surface area contributed by atoms with E-state index in [1.807, 2.05) is 6.92 Å². The van der Waals surface area contributed by atoms with Crippen molar-refractivity contribution in [2.24, 2.45) is 0 Å². The number of rotatable bonds is 6. The normalized spacial score (nSPS) is 16.8. The number of hydrogen-bond acceptors (Lipinski definition) is 4. The summed E-state index contributed by atoms with van der Waals surface area (Å²) in [7, 11) is 0. The van der Waals surface area contributed by atoms with Crippen LogP contribution in [-0.2, 0) is 4.79 Å². The number of carboxylic acids is 1. The van der Waals surface area contributed by atoms with Gasteiger partial charge in [-0.2, -0.15) is 0 Å².